The minimum Gasteiger partial charge on any atom is -0.341 e. The zero-order valence-corrected chi connectivity index (χ0v) is 13.6. The molecule has 0 aromatic carbocycles. The van der Waals surface area contributed by atoms with E-state index in [9.17, 15) is 4.79 Å². The molecule has 4 nitrogen and oxygen atoms in total. The third kappa shape index (κ3) is 3.34. The molecule has 4 heteroatoms. The Balaban J connectivity index is 2.00. The molecule has 2 atom stereocenters. The van der Waals surface area contributed by atoms with Gasteiger partial charge in [0.25, 0.3) is 0 Å². The monoisotopic (exact) mass is 281 g/mol. The number of hydrogen-bond acceptors (Lipinski definition) is 3. The van der Waals surface area contributed by atoms with Gasteiger partial charge in [0, 0.05) is 25.0 Å². The van der Waals surface area contributed by atoms with Crippen molar-refractivity contribution in [1.82, 2.24) is 15.1 Å². The van der Waals surface area contributed by atoms with Crippen LogP contribution < -0.4 is 5.32 Å². The van der Waals surface area contributed by atoms with Crippen LogP contribution in [0.2, 0.25) is 0 Å². The average molecular weight is 281 g/mol. The molecule has 1 amide bonds. The van der Waals surface area contributed by atoms with Crippen molar-refractivity contribution in [2.75, 3.05) is 40.3 Å². The quantitative estimate of drug-likeness (QED) is 0.853. The molecule has 2 aliphatic heterocycles. The van der Waals surface area contributed by atoms with Crippen molar-refractivity contribution in [2.24, 2.45) is 11.3 Å². The maximum atomic E-state index is 12.9. The molecule has 116 valence electrons. The van der Waals surface area contributed by atoms with Gasteiger partial charge in [-0.25, -0.2) is 0 Å². The van der Waals surface area contributed by atoms with Gasteiger partial charge in [-0.1, -0.05) is 13.8 Å². The molecule has 0 aliphatic carbocycles. The van der Waals surface area contributed by atoms with Crippen LogP contribution >= 0.6 is 0 Å². The van der Waals surface area contributed by atoms with Gasteiger partial charge in [-0.3, -0.25) is 4.79 Å². The van der Waals surface area contributed by atoms with Crippen molar-refractivity contribution in [3.8, 4) is 0 Å². The first-order chi connectivity index (χ1) is 9.43. The van der Waals surface area contributed by atoms with Crippen LogP contribution in [0, 0.1) is 11.3 Å². The second-order valence-electron chi connectivity index (χ2n) is 7.24. The largest absolute Gasteiger partial charge is 0.341 e. The fourth-order valence-corrected chi connectivity index (χ4v) is 3.72. The van der Waals surface area contributed by atoms with Gasteiger partial charge in [-0.15, -0.1) is 0 Å². The highest BCUT2D eigenvalue weighted by Gasteiger charge is 2.40. The molecule has 0 aromatic heterocycles. The molecule has 1 N–H and O–H groups in total. The summed E-state index contributed by atoms with van der Waals surface area (Å²) in [6.45, 7) is 8.53. The summed E-state index contributed by atoms with van der Waals surface area (Å²) in [4.78, 5) is 17.3. The average Bonchev–Trinajstić information content (AvgIpc) is 2.46. The summed E-state index contributed by atoms with van der Waals surface area (Å²) < 4.78 is 0. The predicted molar refractivity (Wildman–Crippen MR) is 82.7 cm³/mol. The molecule has 2 heterocycles. The number of nitrogens with one attached hydrogen (secondary N) is 1. The Morgan fingerprint density at radius 1 is 1.30 bits per heavy atom. The molecule has 0 saturated carbocycles. The topological polar surface area (TPSA) is 35.6 Å². The van der Waals surface area contributed by atoms with Gasteiger partial charge in [-0.05, 0) is 58.3 Å². The fourth-order valence-electron chi connectivity index (χ4n) is 3.72. The number of hydrogen-bond donors (Lipinski definition) is 1. The number of carbonyl (C=O) groups is 1. The van der Waals surface area contributed by atoms with Crippen molar-refractivity contribution >= 4 is 5.91 Å². The predicted octanol–water partition coefficient (Wildman–Crippen LogP) is 1.56. The Hall–Kier alpha value is -0.610. The number of likely N-dealkylation sites (tertiary alicyclic amines) is 1. The van der Waals surface area contributed by atoms with Crippen LogP contribution in [-0.2, 0) is 4.79 Å². The number of nitrogens with zero attached hydrogens (tertiary/aromatic N) is 2. The third-order valence-corrected chi connectivity index (χ3v) is 5.34. The molecule has 20 heavy (non-hydrogen) atoms. The molecule has 0 spiro atoms. The number of carbonyl (C=O) groups excluding carboxylic acids is 1. The van der Waals surface area contributed by atoms with Gasteiger partial charge < -0.3 is 15.1 Å². The Morgan fingerprint density at radius 2 is 2.05 bits per heavy atom. The van der Waals surface area contributed by atoms with Crippen molar-refractivity contribution in [2.45, 2.75) is 45.6 Å². The Kier molecular flexibility index (Phi) is 5.08. The maximum Gasteiger partial charge on any atom is 0.228 e. The number of amides is 1. The lowest BCUT2D eigenvalue weighted by molar-refractivity contribution is -0.145. The van der Waals surface area contributed by atoms with Crippen LogP contribution in [0.15, 0.2) is 0 Å². The van der Waals surface area contributed by atoms with E-state index in [1.165, 1.54) is 19.3 Å². The highest BCUT2D eigenvalue weighted by atomic mass is 16.2. The fraction of sp³-hybridized carbons (Fsp3) is 0.938. The standard InChI is InChI=1S/C16H31N3O/c1-16(2,13-7-5-9-17-11-13)15(20)19(4)14-8-6-10-18(3)12-14/h13-14,17H,5-12H2,1-4H3. The summed E-state index contributed by atoms with van der Waals surface area (Å²) in [5.41, 5.74) is -0.252. The summed E-state index contributed by atoms with van der Waals surface area (Å²) in [5, 5.41) is 3.44. The maximum absolute atomic E-state index is 12.9. The third-order valence-electron chi connectivity index (χ3n) is 5.34. The number of piperidine rings is 2. The van der Waals surface area contributed by atoms with Crippen molar-refractivity contribution in [3.63, 3.8) is 0 Å². The van der Waals surface area contributed by atoms with E-state index in [1.807, 2.05) is 11.9 Å². The highest BCUT2D eigenvalue weighted by Crippen LogP contribution is 2.34. The first kappa shape index (κ1) is 15.8. The lowest BCUT2D eigenvalue weighted by Crippen LogP contribution is -2.53. The number of likely N-dealkylation sites (N-methyl/N-ethyl adjacent to an activating group) is 2. The first-order valence-electron chi connectivity index (χ1n) is 8.09. The molecule has 0 bridgehead atoms. The van der Waals surface area contributed by atoms with Crippen LogP contribution in [0.3, 0.4) is 0 Å². The Labute approximate surface area is 123 Å². The number of rotatable bonds is 3. The summed E-state index contributed by atoms with van der Waals surface area (Å²) in [6.07, 6.45) is 4.71. The van der Waals surface area contributed by atoms with Crippen LogP contribution in [-0.4, -0.2) is 62.0 Å². The lowest BCUT2D eigenvalue weighted by atomic mass is 9.73. The van der Waals surface area contributed by atoms with E-state index in [0.29, 0.717) is 17.9 Å². The minimum atomic E-state index is -0.252. The highest BCUT2D eigenvalue weighted by molar-refractivity contribution is 5.82. The van der Waals surface area contributed by atoms with Crippen molar-refractivity contribution in [3.05, 3.63) is 0 Å². The van der Waals surface area contributed by atoms with E-state index in [2.05, 4.69) is 31.1 Å². The zero-order chi connectivity index (χ0) is 14.8. The molecule has 0 radical (unpaired) electrons. The second kappa shape index (κ2) is 6.44. The van der Waals surface area contributed by atoms with E-state index in [1.54, 1.807) is 0 Å². The van der Waals surface area contributed by atoms with Gasteiger partial charge in [0.05, 0.1) is 0 Å². The summed E-state index contributed by atoms with van der Waals surface area (Å²) in [7, 11) is 4.16. The normalized spacial score (nSPS) is 29.2. The van der Waals surface area contributed by atoms with Crippen LogP contribution in [0.1, 0.15) is 39.5 Å². The Morgan fingerprint density at radius 3 is 2.65 bits per heavy atom. The van der Waals surface area contributed by atoms with Gasteiger partial charge in [0.1, 0.15) is 0 Å². The van der Waals surface area contributed by atoms with Crippen LogP contribution in [0.5, 0.6) is 0 Å². The van der Waals surface area contributed by atoms with Crippen molar-refractivity contribution in [1.29, 1.82) is 0 Å². The molecular weight excluding hydrogens is 250 g/mol. The van der Waals surface area contributed by atoms with Gasteiger partial charge in [0.15, 0.2) is 0 Å². The summed E-state index contributed by atoms with van der Waals surface area (Å²) in [6, 6.07) is 0.386. The summed E-state index contributed by atoms with van der Waals surface area (Å²) in [5.74, 6) is 0.791. The smallest absolute Gasteiger partial charge is 0.228 e. The molecule has 2 saturated heterocycles. The molecule has 0 aromatic rings. The summed E-state index contributed by atoms with van der Waals surface area (Å²) >= 11 is 0. The molecule has 2 unspecified atom stereocenters. The second-order valence-corrected chi connectivity index (χ2v) is 7.24. The molecular formula is C16H31N3O. The molecule has 2 aliphatic rings. The van der Waals surface area contributed by atoms with Gasteiger partial charge in [-0.2, -0.15) is 0 Å². The zero-order valence-electron chi connectivity index (χ0n) is 13.6. The van der Waals surface area contributed by atoms with E-state index in [-0.39, 0.29) is 5.41 Å². The van der Waals surface area contributed by atoms with E-state index in [0.717, 1.165) is 32.6 Å². The van der Waals surface area contributed by atoms with Crippen molar-refractivity contribution < 1.29 is 4.79 Å². The SMILES string of the molecule is CN1CCCC(N(C)C(=O)C(C)(C)C2CCCNC2)C1. The Bertz CT molecular complexity index is 337. The lowest BCUT2D eigenvalue weighted by Gasteiger charge is -2.43. The van der Waals surface area contributed by atoms with Crippen LogP contribution in [0.4, 0.5) is 0 Å². The molecule has 2 rings (SSSR count). The molecule has 2 fully saturated rings. The minimum absolute atomic E-state index is 0.252. The first-order valence-corrected chi connectivity index (χ1v) is 8.09. The van der Waals surface area contributed by atoms with Crippen LogP contribution in [0.25, 0.3) is 0 Å². The van der Waals surface area contributed by atoms with E-state index < -0.39 is 0 Å². The van der Waals surface area contributed by atoms with E-state index >= 15 is 0 Å². The van der Waals surface area contributed by atoms with Gasteiger partial charge in [0.2, 0.25) is 5.91 Å². The van der Waals surface area contributed by atoms with Gasteiger partial charge >= 0.3 is 0 Å². The van der Waals surface area contributed by atoms with E-state index in [4.69, 9.17) is 0 Å².